The summed E-state index contributed by atoms with van der Waals surface area (Å²) in [6.45, 7) is 1.70. The average molecular weight is 465 g/mol. The van der Waals surface area contributed by atoms with Gasteiger partial charge in [0, 0.05) is 35.3 Å². The normalized spacial score (nSPS) is 11.8. The largest absolute Gasteiger partial charge is 0.404 e. The molecule has 2 heterocycles. The highest BCUT2D eigenvalue weighted by Gasteiger charge is 2.14. The second kappa shape index (κ2) is 10.3. The zero-order valence-corrected chi connectivity index (χ0v) is 19.0. The van der Waals surface area contributed by atoms with Crippen molar-refractivity contribution >= 4 is 52.1 Å². The topological polar surface area (TPSA) is 146 Å². The van der Waals surface area contributed by atoms with Gasteiger partial charge in [-0.05, 0) is 48.9 Å². The van der Waals surface area contributed by atoms with Gasteiger partial charge in [-0.15, -0.1) is 5.10 Å². The number of nitrogens with zero attached hydrogens (tertiary/aromatic N) is 3. The molecule has 4 aromatic rings. The van der Waals surface area contributed by atoms with Crippen LogP contribution in [0.5, 0.6) is 0 Å². The number of aromatic nitrogens is 3. The Bertz CT molecular complexity index is 1460. The smallest absolute Gasteiger partial charge is 0.258 e. The fourth-order valence-electron chi connectivity index (χ4n) is 3.52. The SMILES string of the molecule is C/C=C(\C=N)C(=O)Nc1cccc(-n2nc(Nc3ccc(C(C=N)=CN)cc3)c3ccccc32)n1. The van der Waals surface area contributed by atoms with Gasteiger partial charge in [-0.2, -0.15) is 0 Å². The van der Waals surface area contributed by atoms with Crippen LogP contribution < -0.4 is 16.4 Å². The van der Waals surface area contributed by atoms with Gasteiger partial charge in [-0.3, -0.25) is 4.79 Å². The van der Waals surface area contributed by atoms with Crippen LogP contribution >= 0.6 is 0 Å². The van der Waals surface area contributed by atoms with Crippen molar-refractivity contribution in [2.24, 2.45) is 5.73 Å². The van der Waals surface area contributed by atoms with Crippen LogP contribution in [0.1, 0.15) is 12.5 Å². The maximum atomic E-state index is 12.3. The van der Waals surface area contributed by atoms with Gasteiger partial charge in [-0.1, -0.05) is 36.4 Å². The van der Waals surface area contributed by atoms with Crippen molar-refractivity contribution in [1.29, 1.82) is 10.8 Å². The molecule has 0 bridgehead atoms. The molecule has 0 spiro atoms. The summed E-state index contributed by atoms with van der Waals surface area (Å²) in [6, 6.07) is 20.6. The fourth-order valence-corrected chi connectivity index (χ4v) is 3.52. The molecule has 0 aliphatic rings. The van der Waals surface area contributed by atoms with Gasteiger partial charge in [0.25, 0.3) is 5.91 Å². The number of nitrogens with one attached hydrogen (secondary N) is 4. The van der Waals surface area contributed by atoms with Crippen molar-refractivity contribution in [1.82, 2.24) is 14.8 Å². The third-order valence-corrected chi connectivity index (χ3v) is 5.33. The Balaban J connectivity index is 1.67. The van der Waals surface area contributed by atoms with Crippen LogP contribution in [-0.4, -0.2) is 33.1 Å². The standard InChI is InChI=1S/C26H24N8O/c1-2-17(14-27)26(35)32-23-8-5-9-24(31-23)34-22-7-4-3-6-21(22)25(33-34)30-20-12-10-18(11-13-20)19(15-28)16-29/h2-16,27-28H,29H2,1H3,(H,30,33)(H,31,32,35)/b17-2+,19-16?,27-14?,28-15?. The summed E-state index contributed by atoms with van der Waals surface area (Å²) in [5, 5.41) is 26.5. The maximum Gasteiger partial charge on any atom is 0.258 e. The molecule has 6 N–H and O–H groups in total. The van der Waals surface area contributed by atoms with Crippen LogP contribution in [0.25, 0.3) is 22.3 Å². The van der Waals surface area contributed by atoms with Gasteiger partial charge in [-0.25, -0.2) is 9.67 Å². The predicted octanol–water partition coefficient (Wildman–Crippen LogP) is 4.65. The number of benzene rings is 2. The number of hydrogen-bond acceptors (Lipinski definition) is 7. The Morgan fingerprint density at radius 3 is 2.46 bits per heavy atom. The molecule has 0 saturated carbocycles. The monoisotopic (exact) mass is 464 g/mol. The summed E-state index contributed by atoms with van der Waals surface area (Å²) in [6.07, 6.45) is 5.18. The number of carbonyl (C=O) groups excluding carboxylic acids is 1. The van der Waals surface area contributed by atoms with Crippen molar-refractivity contribution in [2.75, 3.05) is 10.6 Å². The molecular weight excluding hydrogens is 440 g/mol. The molecule has 0 unspecified atom stereocenters. The Morgan fingerprint density at radius 1 is 1.00 bits per heavy atom. The number of hydrogen-bond donors (Lipinski definition) is 5. The minimum Gasteiger partial charge on any atom is -0.404 e. The van der Waals surface area contributed by atoms with E-state index in [4.69, 9.17) is 21.7 Å². The van der Waals surface area contributed by atoms with Crippen molar-refractivity contribution < 1.29 is 4.79 Å². The molecule has 4 rings (SSSR count). The van der Waals surface area contributed by atoms with Gasteiger partial charge < -0.3 is 27.2 Å². The van der Waals surface area contributed by atoms with E-state index in [1.165, 1.54) is 12.4 Å². The Morgan fingerprint density at radius 2 is 1.77 bits per heavy atom. The van der Waals surface area contributed by atoms with Crippen LogP contribution in [0.15, 0.2) is 84.6 Å². The summed E-state index contributed by atoms with van der Waals surface area (Å²) in [7, 11) is 0. The lowest BCUT2D eigenvalue weighted by molar-refractivity contribution is -0.112. The number of carbonyl (C=O) groups is 1. The number of allylic oxidation sites excluding steroid dienone is 2. The molecule has 0 atom stereocenters. The number of nitrogens with two attached hydrogens (primary N) is 1. The van der Waals surface area contributed by atoms with E-state index < -0.39 is 5.91 Å². The first-order valence-electron chi connectivity index (χ1n) is 10.8. The molecule has 35 heavy (non-hydrogen) atoms. The van der Waals surface area contributed by atoms with Crippen LogP contribution in [-0.2, 0) is 4.79 Å². The molecule has 0 aliphatic carbocycles. The number of amides is 1. The van der Waals surface area contributed by atoms with Gasteiger partial charge in [0.2, 0.25) is 0 Å². The molecule has 9 nitrogen and oxygen atoms in total. The van der Waals surface area contributed by atoms with E-state index in [1.807, 2.05) is 48.5 Å². The lowest BCUT2D eigenvalue weighted by Crippen LogP contribution is -2.16. The van der Waals surface area contributed by atoms with E-state index in [2.05, 4.69) is 15.6 Å². The quantitative estimate of drug-likeness (QED) is 0.190. The first-order chi connectivity index (χ1) is 17.1. The summed E-state index contributed by atoms with van der Waals surface area (Å²) in [5.74, 6) is 1.13. The lowest BCUT2D eigenvalue weighted by Gasteiger charge is -2.08. The fraction of sp³-hybridized carbons (Fsp3) is 0.0385. The summed E-state index contributed by atoms with van der Waals surface area (Å²) < 4.78 is 1.71. The first kappa shape index (κ1) is 23.1. The molecular formula is C26H24N8O. The molecule has 0 fully saturated rings. The van der Waals surface area contributed by atoms with E-state index in [-0.39, 0.29) is 5.57 Å². The molecule has 174 valence electrons. The number of para-hydroxylation sites is 1. The highest BCUT2D eigenvalue weighted by molar-refractivity contribution is 6.16. The summed E-state index contributed by atoms with van der Waals surface area (Å²) >= 11 is 0. The molecule has 0 aliphatic heterocycles. The highest BCUT2D eigenvalue weighted by Crippen LogP contribution is 2.28. The van der Waals surface area contributed by atoms with E-state index in [0.717, 1.165) is 28.4 Å². The summed E-state index contributed by atoms with van der Waals surface area (Å²) in [5.41, 5.74) is 8.96. The minimum atomic E-state index is -0.404. The Kier molecular flexibility index (Phi) is 6.78. The van der Waals surface area contributed by atoms with Gasteiger partial charge in [0.15, 0.2) is 11.6 Å². The summed E-state index contributed by atoms with van der Waals surface area (Å²) in [4.78, 5) is 16.9. The highest BCUT2D eigenvalue weighted by atomic mass is 16.1. The van der Waals surface area contributed by atoms with Crippen LogP contribution in [0, 0.1) is 10.8 Å². The van der Waals surface area contributed by atoms with Crippen molar-refractivity contribution in [2.45, 2.75) is 6.92 Å². The van der Waals surface area contributed by atoms with Crippen molar-refractivity contribution in [3.05, 3.63) is 90.1 Å². The van der Waals surface area contributed by atoms with Crippen molar-refractivity contribution in [3.8, 4) is 5.82 Å². The van der Waals surface area contributed by atoms with Crippen LogP contribution in [0.4, 0.5) is 17.3 Å². The van der Waals surface area contributed by atoms with E-state index >= 15 is 0 Å². The van der Waals surface area contributed by atoms with Gasteiger partial charge in [0.05, 0.1) is 11.1 Å². The van der Waals surface area contributed by atoms with Crippen LogP contribution in [0.2, 0.25) is 0 Å². The molecule has 0 saturated heterocycles. The maximum absolute atomic E-state index is 12.3. The van der Waals surface area contributed by atoms with Crippen molar-refractivity contribution in [3.63, 3.8) is 0 Å². The second-order valence-corrected chi connectivity index (χ2v) is 7.47. The number of anilines is 3. The minimum absolute atomic E-state index is 0.244. The Hall–Kier alpha value is -5.05. The number of rotatable bonds is 8. The molecule has 1 amide bonds. The van der Waals surface area contributed by atoms with E-state index in [9.17, 15) is 4.79 Å². The third-order valence-electron chi connectivity index (χ3n) is 5.33. The zero-order valence-electron chi connectivity index (χ0n) is 19.0. The van der Waals surface area contributed by atoms with Crippen LogP contribution in [0.3, 0.4) is 0 Å². The first-order valence-corrected chi connectivity index (χ1v) is 10.8. The Labute approximate surface area is 202 Å². The number of pyridine rings is 1. The van der Waals surface area contributed by atoms with E-state index in [1.54, 1.807) is 35.9 Å². The third kappa shape index (κ3) is 4.83. The predicted molar refractivity (Wildman–Crippen MR) is 141 cm³/mol. The molecule has 0 radical (unpaired) electrons. The molecule has 2 aromatic heterocycles. The zero-order chi connectivity index (χ0) is 24.8. The molecule has 2 aromatic carbocycles. The number of fused-ring (bicyclic) bond motifs is 1. The lowest BCUT2D eigenvalue weighted by atomic mass is 10.1. The van der Waals surface area contributed by atoms with Gasteiger partial charge >= 0.3 is 0 Å². The average Bonchev–Trinajstić information content (AvgIpc) is 3.25. The second-order valence-electron chi connectivity index (χ2n) is 7.47. The van der Waals surface area contributed by atoms with Gasteiger partial charge in [0.1, 0.15) is 5.82 Å². The van der Waals surface area contributed by atoms with E-state index in [0.29, 0.717) is 23.0 Å². The molecule has 9 heteroatoms.